The molecule has 2 aliphatic rings. The van der Waals surface area contributed by atoms with Gasteiger partial charge in [-0.3, -0.25) is 0 Å². The van der Waals surface area contributed by atoms with Gasteiger partial charge in [0.25, 0.3) is 0 Å². The summed E-state index contributed by atoms with van der Waals surface area (Å²) in [6.07, 6.45) is 3.93. The fourth-order valence-corrected chi connectivity index (χ4v) is 3.78. The Kier molecular flexibility index (Phi) is 3.59. The van der Waals surface area contributed by atoms with Crippen LogP contribution < -0.4 is 10.5 Å². The first-order valence-electron chi connectivity index (χ1n) is 7.85. The molecule has 4 rings (SSSR count). The predicted octanol–water partition coefficient (Wildman–Crippen LogP) is 3.16. The molecule has 0 bridgehead atoms. The van der Waals surface area contributed by atoms with Crippen LogP contribution in [0.5, 0.6) is 0 Å². The lowest BCUT2D eigenvalue weighted by Crippen LogP contribution is -2.36. The zero-order chi connectivity index (χ0) is 15.1. The number of anilines is 1. The molecular formula is C17H18ClNO3. The van der Waals surface area contributed by atoms with Crippen molar-refractivity contribution in [1.29, 1.82) is 0 Å². The maximum atomic E-state index is 12.2. The molecule has 1 saturated heterocycles. The molecule has 2 aromatic rings. The van der Waals surface area contributed by atoms with E-state index in [1.807, 2.05) is 12.1 Å². The number of hydrogen-bond acceptors (Lipinski definition) is 4. The van der Waals surface area contributed by atoms with Crippen LogP contribution >= 0.6 is 11.6 Å². The van der Waals surface area contributed by atoms with Crippen molar-refractivity contribution in [2.45, 2.75) is 25.7 Å². The van der Waals surface area contributed by atoms with Crippen molar-refractivity contribution in [3.63, 3.8) is 0 Å². The summed E-state index contributed by atoms with van der Waals surface area (Å²) < 4.78 is 11.0. The fraction of sp³-hybridized carbons (Fsp3) is 0.471. The number of morpholine rings is 1. The molecule has 22 heavy (non-hydrogen) atoms. The lowest BCUT2D eigenvalue weighted by Gasteiger charge is -2.29. The number of halogens is 1. The van der Waals surface area contributed by atoms with E-state index in [0.717, 1.165) is 66.0 Å². The fourth-order valence-electron chi connectivity index (χ4n) is 3.50. The topological polar surface area (TPSA) is 42.7 Å². The average Bonchev–Trinajstić information content (AvgIpc) is 2.56. The molecule has 1 aliphatic heterocycles. The van der Waals surface area contributed by atoms with E-state index in [0.29, 0.717) is 18.8 Å². The summed E-state index contributed by atoms with van der Waals surface area (Å²) >= 11 is 6.52. The number of nitrogens with zero attached hydrogens (tertiary/aromatic N) is 1. The number of hydrogen-bond donors (Lipinski definition) is 0. The predicted molar refractivity (Wildman–Crippen MR) is 87.2 cm³/mol. The van der Waals surface area contributed by atoms with Crippen LogP contribution in [0.2, 0.25) is 5.02 Å². The summed E-state index contributed by atoms with van der Waals surface area (Å²) in [4.78, 5) is 14.4. The van der Waals surface area contributed by atoms with Gasteiger partial charge in [-0.05, 0) is 37.3 Å². The van der Waals surface area contributed by atoms with Crippen LogP contribution in [0, 0.1) is 0 Å². The molecule has 0 atom stereocenters. The van der Waals surface area contributed by atoms with Crippen LogP contribution in [-0.2, 0) is 17.6 Å². The Bertz CT molecular complexity index is 778. The molecule has 0 radical (unpaired) electrons. The minimum atomic E-state index is -0.183. The minimum absolute atomic E-state index is 0.183. The van der Waals surface area contributed by atoms with Crippen LogP contribution in [0.3, 0.4) is 0 Å². The second kappa shape index (κ2) is 5.60. The molecule has 1 fully saturated rings. The summed E-state index contributed by atoms with van der Waals surface area (Å²) in [5, 5.41) is 1.72. The summed E-state index contributed by atoms with van der Waals surface area (Å²) in [6, 6.07) is 3.88. The van der Waals surface area contributed by atoms with Crippen LogP contribution in [0.15, 0.2) is 21.3 Å². The van der Waals surface area contributed by atoms with Gasteiger partial charge in [-0.15, -0.1) is 0 Å². The van der Waals surface area contributed by atoms with E-state index in [4.69, 9.17) is 20.8 Å². The molecule has 1 aliphatic carbocycles. The number of benzene rings is 1. The molecule has 0 saturated carbocycles. The quantitative estimate of drug-likeness (QED) is 0.757. The standard InChI is InChI=1S/C17H18ClNO3/c18-14-9-13-11-3-1-2-4-12(11)17(20)22-16(13)10-15(14)19-5-7-21-8-6-19/h9-10H,1-8H2. The van der Waals surface area contributed by atoms with Gasteiger partial charge in [-0.1, -0.05) is 11.6 Å². The average molecular weight is 320 g/mol. The Morgan fingerprint density at radius 3 is 2.55 bits per heavy atom. The van der Waals surface area contributed by atoms with Crippen molar-refractivity contribution in [2.24, 2.45) is 0 Å². The number of ether oxygens (including phenoxy) is 1. The van der Waals surface area contributed by atoms with Crippen molar-refractivity contribution in [1.82, 2.24) is 0 Å². The Morgan fingerprint density at radius 1 is 1.05 bits per heavy atom. The summed E-state index contributed by atoms with van der Waals surface area (Å²) in [5.74, 6) is 0. The van der Waals surface area contributed by atoms with Gasteiger partial charge in [0.2, 0.25) is 0 Å². The van der Waals surface area contributed by atoms with Crippen molar-refractivity contribution >= 4 is 28.3 Å². The zero-order valence-corrected chi connectivity index (χ0v) is 13.1. The van der Waals surface area contributed by atoms with E-state index in [-0.39, 0.29) is 5.63 Å². The first-order valence-corrected chi connectivity index (χ1v) is 8.22. The molecule has 0 unspecified atom stereocenters. The summed E-state index contributed by atoms with van der Waals surface area (Å²) in [5.41, 5.74) is 3.37. The molecule has 1 aromatic heterocycles. The molecule has 4 nitrogen and oxygen atoms in total. The lowest BCUT2D eigenvalue weighted by atomic mass is 9.90. The Morgan fingerprint density at radius 2 is 1.77 bits per heavy atom. The highest BCUT2D eigenvalue weighted by Crippen LogP contribution is 2.35. The first-order chi connectivity index (χ1) is 10.7. The second-order valence-electron chi connectivity index (χ2n) is 5.95. The first kappa shape index (κ1) is 14.1. The van der Waals surface area contributed by atoms with E-state index < -0.39 is 0 Å². The van der Waals surface area contributed by atoms with Gasteiger partial charge in [0.05, 0.1) is 23.9 Å². The third kappa shape index (κ3) is 2.31. The maximum Gasteiger partial charge on any atom is 0.339 e. The minimum Gasteiger partial charge on any atom is -0.422 e. The molecule has 2 heterocycles. The highest BCUT2D eigenvalue weighted by atomic mass is 35.5. The molecule has 116 valence electrons. The highest BCUT2D eigenvalue weighted by Gasteiger charge is 2.21. The third-order valence-electron chi connectivity index (χ3n) is 4.64. The van der Waals surface area contributed by atoms with E-state index in [9.17, 15) is 4.79 Å². The summed E-state index contributed by atoms with van der Waals surface area (Å²) in [7, 11) is 0. The van der Waals surface area contributed by atoms with Crippen molar-refractivity contribution in [2.75, 3.05) is 31.2 Å². The van der Waals surface area contributed by atoms with Crippen molar-refractivity contribution in [3.8, 4) is 0 Å². The third-order valence-corrected chi connectivity index (χ3v) is 4.95. The normalized spacial score (nSPS) is 18.5. The van der Waals surface area contributed by atoms with Crippen LogP contribution in [0.25, 0.3) is 11.0 Å². The maximum absolute atomic E-state index is 12.2. The van der Waals surface area contributed by atoms with Crippen molar-refractivity contribution in [3.05, 3.63) is 38.7 Å². The molecular weight excluding hydrogens is 302 g/mol. The van der Waals surface area contributed by atoms with E-state index in [1.54, 1.807) is 0 Å². The van der Waals surface area contributed by atoms with Gasteiger partial charge >= 0.3 is 5.63 Å². The van der Waals surface area contributed by atoms with E-state index in [2.05, 4.69) is 4.90 Å². The molecule has 1 aromatic carbocycles. The molecule has 0 N–H and O–H groups in total. The second-order valence-corrected chi connectivity index (χ2v) is 6.36. The van der Waals surface area contributed by atoms with E-state index >= 15 is 0 Å². The molecule has 0 amide bonds. The van der Waals surface area contributed by atoms with Crippen LogP contribution in [-0.4, -0.2) is 26.3 Å². The van der Waals surface area contributed by atoms with Gasteiger partial charge in [0, 0.05) is 30.1 Å². The Hall–Kier alpha value is -1.52. The van der Waals surface area contributed by atoms with Gasteiger partial charge < -0.3 is 14.1 Å². The number of fused-ring (bicyclic) bond motifs is 3. The van der Waals surface area contributed by atoms with Gasteiger partial charge in [0.15, 0.2) is 0 Å². The van der Waals surface area contributed by atoms with Gasteiger partial charge in [-0.25, -0.2) is 4.79 Å². The smallest absolute Gasteiger partial charge is 0.339 e. The Labute approximate surface area is 133 Å². The molecule has 5 heteroatoms. The number of aryl methyl sites for hydroxylation is 1. The molecule has 0 spiro atoms. The zero-order valence-electron chi connectivity index (χ0n) is 12.4. The van der Waals surface area contributed by atoms with Crippen LogP contribution in [0.4, 0.5) is 5.69 Å². The largest absolute Gasteiger partial charge is 0.422 e. The van der Waals surface area contributed by atoms with Crippen LogP contribution in [0.1, 0.15) is 24.0 Å². The van der Waals surface area contributed by atoms with Gasteiger partial charge in [0.1, 0.15) is 5.58 Å². The number of rotatable bonds is 1. The monoisotopic (exact) mass is 319 g/mol. The summed E-state index contributed by atoms with van der Waals surface area (Å²) in [6.45, 7) is 3.01. The van der Waals surface area contributed by atoms with Crippen molar-refractivity contribution < 1.29 is 9.15 Å². The highest BCUT2D eigenvalue weighted by molar-refractivity contribution is 6.34. The lowest BCUT2D eigenvalue weighted by molar-refractivity contribution is 0.122. The van der Waals surface area contributed by atoms with Gasteiger partial charge in [-0.2, -0.15) is 0 Å². The SMILES string of the molecule is O=c1oc2cc(N3CCOCC3)c(Cl)cc2c2c1CCCC2. The van der Waals surface area contributed by atoms with E-state index in [1.165, 1.54) is 0 Å². The Balaban J connectivity index is 1.89.